The number of hydrogen-bond donors (Lipinski definition) is 1. The fourth-order valence-electron chi connectivity index (χ4n) is 2.06. The van der Waals surface area contributed by atoms with Crippen LogP contribution in [0.5, 0.6) is 0 Å². The van der Waals surface area contributed by atoms with E-state index in [-0.39, 0.29) is 12.0 Å². The number of rotatable bonds is 6. The van der Waals surface area contributed by atoms with Crippen LogP contribution in [0, 0.1) is 0 Å². The molecule has 0 aliphatic carbocycles. The molecular formula is C15H19N3O2. The molecule has 1 N–H and O–H groups in total. The molecule has 1 heterocycles. The largest absolute Gasteiger partial charge is 0.468 e. The highest BCUT2D eigenvalue weighted by atomic mass is 16.5. The van der Waals surface area contributed by atoms with Crippen molar-refractivity contribution in [3.05, 3.63) is 48.3 Å². The summed E-state index contributed by atoms with van der Waals surface area (Å²) >= 11 is 0. The summed E-state index contributed by atoms with van der Waals surface area (Å²) in [5.74, 6) is -0.232. The molecule has 0 amide bonds. The number of nitrogens with zero attached hydrogens (tertiary/aromatic N) is 2. The van der Waals surface area contributed by atoms with Crippen LogP contribution < -0.4 is 5.32 Å². The van der Waals surface area contributed by atoms with E-state index in [1.165, 1.54) is 7.11 Å². The van der Waals surface area contributed by atoms with Crippen molar-refractivity contribution in [2.24, 2.45) is 0 Å². The smallest absolute Gasteiger partial charge is 0.322 e. The fourth-order valence-corrected chi connectivity index (χ4v) is 2.06. The average molecular weight is 273 g/mol. The first-order valence-corrected chi connectivity index (χ1v) is 6.65. The van der Waals surface area contributed by atoms with Gasteiger partial charge in [-0.25, -0.2) is 4.68 Å². The predicted molar refractivity (Wildman–Crippen MR) is 76.5 cm³/mol. The number of aromatic nitrogens is 2. The Morgan fingerprint density at radius 1 is 1.40 bits per heavy atom. The predicted octanol–water partition coefficient (Wildman–Crippen LogP) is 1.91. The second-order valence-corrected chi connectivity index (χ2v) is 4.44. The molecule has 5 nitrogen and oxygen atoms in total. The summed E-state index contributed by atoms with van der Waals surface area (Å²) in [6.07, 6.45) is 4.33. The number of benzene rings is 1. The zero-order valence-corrected chi connectivity index (χ0v) is 11.7. The van der Waals surface area contributed by atoms with E-state index in [0.29, 0.717) is 13.0 Å². The van der Waals surface area contributed by atoms with Crippen molar-refractivity contribution in [2.75, 3.05) is 7.11 Å². The number of nitrogens with one attached hydrogen (secondary N) is 1. The topological polar surface area (TPSA) is 56.2 Å². The first kappa shape index (κ1) is 14.3. The van der Waals surface area contributed by atoms with Gasteiger partial charge in [0.1, 0.15) is 6.04 Å². The Morgan fingerprint density at radius 3 is 2.85 bits per heavy atom. The first-order chi connectivity index (χ1) is 9.76. The van der Waals surface area contributed by atoms with Gasteiger partial charge in [0.15, 0.2) is 0 Å². The van der Waals surface area contributed by atoms with E-state index in [2.05, 4.69) is 10.4 Å². The van der Waals surface area contributed by atoms with Crippen molar-refractivity contribution in [2.45, 2.75) is 25.9 Å². The molecule has 106 valence electrons. The Morgan fingerprint density at radius 2 is 2.20 bits per heavy atom. The molecule has 0 radical (unpaired) electrons. The first-order valence-electron chi connectivity index (χ1n) is 6.65. The van der Waals surface area contributed by atoms with Crippen molar-refractivity contribution in [1.29, 1.82) is 0 Å². The molecule has 0 fully saturated rings. The lowest BCUT2D eigenvalue weighted by Crippen LogP contribution is -2.36. The van der Waals surface area contributed by atoms with Crippen molar-refractivity contribution in [3.8, 4) is 5.69 Å². The lowest BCUT2D eigenvalue weighted by molar-refractivity contribution is -0.143. The summed E-state index contributed by atoms with van der Waals surface area (Å²) in [6.45, 7) is 2.54. The standard InChI is InChI=1S/C15H19N3O2/c1-3-13(15(19)20-2)16-11-12-7-4-5-8-14(12)18-10-6-9-17-18/h4-10,13,16H,3,11H2,1-2H3. The molecule has 2 aromatic rings. The van der Waals surface area contributed by atoms with E-state index < -0.39 is 0 Å². The van der Waals surface area contributed by atoms with E-state index in [9.17, 15) is 4.79 Å². The summed E-state index contributed by atoms with van der Waals surface area (Å²) in [7, 11) is 1.41. The number of carbonyl (C=O) groups excluding carboxylic acids is 1. The van der Waals surface area contributed by atoms with Gasteiger partial charge < -0.3 is 10.1 Å². The molecule has 0 bridgehead atoms. The number of ether oxygens (including phenoxy) is 1. The highest BCUT2D eigenvalue weighted by molar-refractivity contribution is 5.75. The fraction of sp³-hybridized carbons (Fsp3) is 0.333. The molecule has 1 aromatic carbocycles. The molecule has 0 saturated heterocycles. The number of hydrogen-bond acceptors (Lipinski definition) is 4. The van der Waals surface area contributed by atoms with Gasteiger partial charge in [0.05, 0.1) is 12.8 Å². The molecule has 20 heavy (non-hydrogen) atoms. The molecule has 2 rings (SSSR count). The number of carbonyl (C=O) groups is 1. The molecule has 5 heteroatoms. The summed E-state index contributed by atoms with van der Waals surface area (Å²) in [4.78, 5) is 11.6. The lowest BCUT2D eigenvalue weighted by Gasteiger charge is -2.16. The van der Waals surface area contributed by atoms with E-state index in [1.54, 1.807) is 6.20 Å². The number of para-hydroxylation sites is 1. The van der Waals surface area contributed by atoms with Crippen molar-refractivity contribution in [1.82, 2.24) is 15.1 Å². The van der Waals surface area contributed by atoms with Gasteiger partial charge in [0.25, 0.3) is 0 Å². The van der Waals surface area contributed by atoms with Crippen LogP contribution in [0.25, 0.3) is 5.69 Å². The quantitative estimate of drug-likeness (QED) is 0.817. The maximum atomic E-state index is 11.6. The summed E-state index contributed by atoms with van der Waals surface area (Å²) in [5.41, 5.74) is 2.09. The van der Waals surface area contributed by atoms with E-state index in [1.807, 2.05) is 48.1 Å². The molecule has 0 spiro atoms. The molecule has 0 aliphatic rings. The maximum Gasteiger partial charge on any atom is 0.322 e. The second-order valence-electron chi connectivity index (χ2n) is 4.44. The summed E-state index contributed by atoms with van der Waals surface area (Å²) < 4.78 is 6.59. The third-order valence-corrected chi connectivity index (χ3v) is 3.18. The molecule has 0 aliphatic heterocycles. The Labute approximate surface area is 118 Å². The number of esters is 1. The molecule has 1 atom stereocenters. The molecule has 1 aromatic heterocycles. The average Bonchev–Trinajstić information content (AvgIpc) is 3.02. The second kappa shape index (κ2) is 6.86. The van der Waals surface area contributed by atoms with Gasteiger partial charge in [-0.2, -0.15) is 5.10 Å². The maximum absolute atomic E-state index is 11.6. The summed E-state index contributed by atoms with van der Waals surface area (Å²) in [5, 5.41) is 7.47. The molecule has 0 saturated carbocycles. The van der Waals surface area contributed by atoms with Gasteiger partial charge in [-0.05, 0) is 24.1 Å². The van der Waals surface area contributed by atoms with E-state index in [4.69, 9.17) is 4.74 Å². The van der Waals surface area contributed by atoms with E-state index >= 15 is 0 Å². The molecular weight excluding hydrogens is 254 g/mol. The van der Waals surface area contributed by atoms with Gasteiger partial charge in [-0.1, -0.05) is 25.1 Å². The zero-order valence-electron chi connectivity index (χ0n) is 11.7. The lowest BCUT2D eigenvalue weighted by atomic mass is 10.1. The highest BCUT2D eigenvalue weighted by Crippen LogP contribution is 2.13. The Kier molecular flexibility index (Phi) is 4.90. The van der Waals surface area contributed by atoms with Crippen LogP contribution in [0.4, 0.5) is 0 Å². The van der Waals surface area contributed by atoms with Crippen LogP contribution in [0.2, 0.25) is 0 Å². The van der Waals surface area contributed by atoms with Crippen molar-refractivity contribution < 1.29 is 9.53 Å². The minimum absolute atomic E-state index is 0.232. The van der Waals surface area contributed by atoms with Crippen LogP contribution in [0.1, 0.15) is 18.9 Å². The van der Waals surface area contributed by atoms with Crippen LogP contribution in [-0.4, -0.2) is 28.9 Å². The third kappa shape index (κ3) is 3.24. The van der Waals surface area contributed by atoms with E-state index in [0.717, 1.165) is 11.3 Å². The monoisotopic (exact) mass is 273 g/mol. The minimum atomic E-state index is -0.286. The van der Waals surface area contributed by atoms with Crippen LogP contribution in [0.3, 0.4) is 0 Å². The van der Waals surface area contributed by atoms with Gasteiger partial charge in [-0.3, -0.25) is 4.79 Å². The van der Waals surface area contributed by atoms with Crippen molar-refractivity contribution in [3.63, 3.8) is 0 Å². The summed E-state index contributed by atoms with van der Waals surface area (Å²) in [6, 6.07) is 9.57. The Bertz CT molecular complexity index is 552. The van der Waals surface area contributed by atoms with Gasteiger partial charge >= 0.3 is 5.97 Å². The SMILES string of the molecule is CCC(NCc1ccccc1-n1cccn1)C(=O)OC. The Balaban J connectivity index is 2.12. The van der Waals surface area contributed by atoms with Crippen molar-refractivity contribution >= 4 is 5.97 Å². The minimum Gasteiger partial charge on any atom is -0.468 e. The van der Waals surface area contributed by atoms with Gasteiger partial charge in [0.2, 0.25) is 0 Å². The van der Waals surface area contributed by atoms with Gasteiger partial charge in [0, 0.05) is 18.9 Å². The highest BCUT2D eigenvalue weighted by Gasteiger charge is 2.16. The number of methoxy groups -OCH3 is 1. The van der Waals surface area contributed by atoms with Crippen LogP contribution in [-0.2, 0) is 16.1 Å². The zero-order chi connectivity index (χ0) is 14.4. The van der Waals surface area contributed by atoms with Crippen LogP contribution in [0.15, 0.2) is 42.7 Å². The third-order valence-electron chi connectivity index (χ3n) is 3.18. The van der Waals surface area contributed by atoms with Crippen LogP contribution >= 0.6 is 0 Å². The Hall–Kier alpha value is -2.14. The normalized spacial score (nSPS) is 12.1. The molecule has 1 unspecified atom stereocenters. The van der Waals surface area contributed by atoms with Gasteiger partial charge in [-0.15, -0.1) is 0 Å².